The van der Waals surface area contributed by atoms with Crippen LogP contribution >= 0.6 is 15.9 Å². The van der Waals surface area contributed by atoms with Gasteiger partial charge in [0.2, 0.25) is 0 Å². The third kappa shape index (κ3) is 5.77. The topological polar surface area (TPSA) is 62.5 Å². The molecule has 0 saturated carbocycles. The molecule has 0 aliphatic carbocycles. The number of aromatic nitrogens is 2. The molecule has 1 amide bonds. The van der Waals surface area contributed by atoms with Crippen LogP contribution in [0, 0.1) is 0 Å². The Morgan fingerprint density at radius 2 is 1.79 bits per heavy atom. The quantitative estimate of drug-likeness (QED) is 0.408. The van der Waals surface area contributed by atoms with Crippen LogP contribution in [-0.4, -0.2) is 35.0 Å². The molecule has 1 aromatic heterocycles. The number of carbonyl (C=O) groups excluding carboxylic acids is 1. The lowest BCUT2D eigenvalue weighted by atomic mass is 10.2. The van der Waals surface area contributed by atoms with Gasteiger partial charge in [0.15, 0.2) is 5.69 Å². The highest BCUT2D eigenvalue weighted by molar-refractivity contribution is 9.10. The number of anilines is 1. The second-order valence-electron chi connectivity index (χ2n) is 6.49. The molecule has 0 bridgehead atoms. The van der Waals surface area contributed by atoms with Gasteiger partial charge in [0, 0.05) is 29.4 Å². The molecule has 0 unspecified atom stereocenters. The monoisotopic (exact) mass is 453 g/mol. The predicted octanol–water partition coefficient (Wildman–Crippen LogP) is 4.30. The highest BCUT2D eigenvalue weighted by Gasteiger charge is 2.08. The van der Waals surface area contributed by atoms with E-state index in [1.807, 2.05) is 36.4 Å². The molecular weight excluding hydrogens is 430 g/mol. The smallest absolute Gasteiger partial charge is 0.291 e. The fourth-order valence-corrected chi connectivity index (χ4v) is 3.19. The van der Waals surface area contributed by atoms with Gasteiger partial charge < -0.3 is 4.90 Å². The third-order valence-electron chi connectivity index (χ3n) is 4.53. The van der Waals surface area contributed by atoms with Gasteiger partial charge >= 0.3 is 0 Å². The molecule has 3 aromatic rings. The van der Waals surface area contributed by atoms with Gasteiger partial charge in [0.25, 0.3) is 5.91 Å². The zero-order valence-electron chi connectivity index (χ0n) is 16.5. The number of amides is 1. The lowest BCUT2D eigenvalue weighted by Crippen LogP contribution is -2.21. The van der Waals surface area contributed by atoms with E-state index in [9.17, 15) is 4.79 Å². The molecule has 0 aliphatic rings. The van der Waals surface area contributed by atoms with E-state index in [2.05, 4.69) is 62.4 Å². The highest BCUT2D eigenvalue weighted by atomic mass is 79.9. The maximum atomic E-state index is 12.3. The van der Waals surface area contributed by atoms with Crippen LogP contribution in [0.5, 0.6) is 0 Å². The molecule has 29 heavy (non-hydrogen) atoms. The first-order valence-electron chi connectivity index (χ1n) is 9.55. The van der Waals surface area contributed by atoms with Crippen molar-refractivity contribution in [2.45, 2.75) is 20.4 Å². The van der Waals surface area contributed by atoms with E-state index in [4.69, 9.17) is 0 Å². The minimum Gasteiger partial charge on any atom is -0.372 e. The molecular formula is C22H24BrN5O. The first-order chi connectivity index (χ1) is 14.1. The Kier molecular flexibility index (Phi) is 7.19. The number of benzene rings is 2. The highest BCUT2D eigenvalue weighted by Crippen LogP contribution is 2.14. The van der Waals surface area contributed by atoms with Crippen molar-refractivity contribution in [1.82, 2.24) is 15.2 Å². The zero-order chi connectivity index (χ0) is 20.6. The molecule has 0 fully saturated rings. The number of hydrogen-bond donors (Lipinski definition) is 1. The molecule has 0 saturated heterocycles. The largest absolute Gasteiger partial charge is 0.372 e. The number of carbonyl (C=O) groups is 1. The fourth-order valence-electron chi connectivity index (χ4n) is 2.93. The Morgan fingerprint density at radius 1 is 1.10 bits per heavy atom. The van der Waals surface area contributed by atoms with Crippen molar-refractivity contribution in [3.05, 3.63) is 82.1 Å². The average Bonchev–Trinajstić information content (AvgIpc) is 3.20. The molecule has 1 heterocycles. The molecule has 2 aromatic carbocycles. The van der Waals surface area contributed by atoms with Crippen molar-refractivity contribution in [2.75, 3.05) is 18.0 Å². The number of hydrazone groups is 1. The van der Waals surface area contributed by atoms with Crippen molar-refractivity contribution in [2.24, 2.45) is 5.10 Å². The average molecular weight is 454 g/mol. The van der Waals surface area contributed by atoms with Crippen LogP contribution in [0.3, 0.4) is 0 Å². The van der Waals surface area contributed by atoms with Crippen LogP contribution in [0.4, 0.5) is 5.69 Å². The van der Waals surface area contributed by atoms with Crippen molar-refractivity contribution in [1.29, 1.82) is 0 Å². The molecule has 0 atom stereocenters. The first-order valence-corrected chi connectivity index (χ1v) is 10.3. The van der Waals surface area contributed by atoms with Gasteiger partial charge in [-0.05, 0) is 55.3 Å². The van der Waals surface area contributed by atoms with Crippen molar-refractivity contribution in [3.8, 4) is 0 Å². The molecule has 0 aliphatic heterocycles. The summed E-state index contributed by atoms with van der Waals surface area (Å²) in [6, 6.07) is 17.8. The van der Waals surface area contributed by atoms with Gasteiger partial charge in [-0.25, -0.2) is 5.43 Å². The van der Waals surface area contributed by atoms with E-state index in [-0.39, 0.29) is 5.91 Å². The summed E-state index contributed by atoms with van der Waals surface area (Å²) in [5, 5.41) is 8.36. The first kappa shape index (κ1) is 20.8. The SMILES string of the molecule is CCN(CC)c1ccc(C=NNC(=O)c2ccn(Cc3ccc(Br)cc3)n2)cc1. The predicted molar refractivity (Wildman–Crippen MR) is 121 cm³/mol. The minimum absolute atomic E-state index is 0.330. The van der Waals surface area contributed by atoms with E-state index in [1.165, 1.54) is 5.69 Å². The van der Waals surface area contributed by atoms with E-state index >= 15 is 0 Å². The molecule has 0 spiro atoms. The van der Waals surface area contributed by atoms with Crippen LogP contribution in [0.1, 0.15) is 35.5 Å². The minimum atomic E-state index is -0.337. The molecule has 3 rings (SSSR count). The summed E-state index contributed by atoms with van der Waals surface area (Å²) in [4.78, 5) is 14.5. The Hall–Kier alpha value is -2.93. The molecule has 150 valence electrons. The summed E-state index contributed by atoms with van der Waals surface area (Å²) in [7, 11) is 0. The van der Waals surface area contributed by atoms with Crippen LogP contribution in [0.25, 0.3) is 0 Å². The van der Waals surface area contributed by atoms with Gasteiger partial charge in [-0.15, -0.1) is 0 Å². The molecule has 6 nitrogen and oxygen atoms in total. The summed E-state index contributed by atoms with van der Waals surface area (Å²) in [6.07, 6.45) is 3.41. The molecule has 1 N–H and O–H groups in total. The normalized spacial score (nSPS) is 11.0. The number of rotatable bonds is 8. The molecule has 7 heteroatoms. The summed E-state index contributed by atoms with van der Waals surface area (Å²) in [5.74, 6) is -0.337. The van der Waals surface area contributed by atoms with E-state index in [0.717, 1.165) is 28.7 Å². The van der Waals surface area contributed by atoms with Gasteiger partial charge in [0.05, 0.1) is 12.8 Å². The number of halogens is 1. The van der Waals surface area contributed by atoms with E-state index in [1.54, 1.807) is 23.2 Å². The summed E-state index contributed by atoms with van der Waals surface area (Å²) >= 11 is 3.42. The van der Waals surface area contributed by atoms with Gasteiger partial charge in [-0.3, -0.25) is 9.48 Å². The van der Waals surface area contributed by atoms with Gasteiger partial charge in [-0.2, -0.15) is 10.2 Å². The molecule has 0 radical (unpaired) electrons. The van der Waals surface area contributed by atoms with Crippen molar-refractivity contribution < 1.29 is 4.79 Å². The Labute approximate surface area is 179 Å². The maximum absolute atomic E-state index is 12.3. The van der Waals surface area contributed by atoms with Crippen LogP contribution in [0.15, 0.2) is 70.4 Å². The third-order valence-corrected chi connectivity index (χ3v) is 5.06. The number of nitrogens with one attached hydrogen (secondary N) is 1. The lowest BCUT2D eigenvalue weighted by Gasteiger charge is -2.20. The second kappa shape index (κ2) is 10.0. The zero-order valence-corrected chi connectivity index (χ0v) is 18.1. The van der Waals surface area contributed by atoms with Crippen LogP contribution < -0.4 is 10.3 Å². The van der Waals surface area contributed by atoms with Crippen LogP contribution in [0.2, 0.25) is 0 Å². The summed E-state index contributed by atoms with van der Waals surface area (Å²) in [6.45, 7) is 6.80. The number of nitrogens with zero attached hydrogens (tertiary/aromatic N) is 4. The van der Waals surface area contributed by atoms with E-state index < -0.39 is 0 Å². The second-order valence-corrected chi connectivity index (χ2v) is 7.40. The van der Waals surface area contributed by atoms with Gasteiger partial charge in [-0.1, -0.05) is 40.2 Å². The van der Waals surface area contributed by atoms with Crippen molar-refractivity contribution >= 4 is 33.7 Å². The Morgan fingerprint density at radius 3 is 2.45 bits per heavy atom. The Bertz CT molecular complexity index is 960. The van der Waals surface area contributed by atoms with Crippen molar-refractivity contribution in [3.63, 3.8) is 0 Å². The number of hydrogen-bond acceptors (Lipinski definition) is 4. The summed E-state index contributed by atoms with van der Waals surface area (Å²) in [5.41, 5.74) is 6.06. The fraction of sp³-hybridized carbons (Fsp3) is 0.227. The Balaban J connectivity index is 1.55. The van der Waals surface area contributed by atoms with Crippen LogP contribution in [-0.2, 0) is 6.54 Å². The maximum Gasteiger partial charge on any atom is 0.291 e. The van der Waals surface area contributed by atoms with E-state index in [0.29, 0.717) is 12.2 Å². The summed E-state index contributed by atoms with van der Waals surface area (Å²) < 4.78 is 2.76. The lowest BCUT2D eigenvalue weighted by molar-refractivity contribution is 0.0949. The standard InChI is InChI=1S/C22H24BrN5O/c1-3-27(4-2)20-11-7-17(8-12-20)15-24-25-22(29)21-13-14-28(26-21)16-18-5-9-19(23)10-6-18/h5-15H,3-4,16H2,1-2H3,(H,25,29). The van der Waals surface area contributed by atoms with Gasteiger partial charge in [0.1, 0.15) is 0 Å².